The Kier molecular flexibility index (Phi) is 6.78. The van der Waals surface area contributed by atoms with Gasteiger partial charge < -0.3 is 4.74 Å². The number of aryl methyl sites for hydroxylation is 1. The van der Waals surface area contributed by atoms with Gasteiger partial charge in [0.25, 0.3) is 0 Å². The van der Waals surface area contributed by atoms with Crippen molar-refractivity contribution in [3.63, 3.8) is 0 Å². The zero-order valence-corrected chi connectivity index (χ0v) is 16.4. The molecule has 2 aromatic rings. The summed E-state index contributed by atoms with van der Waals surface area (Å²) >= 11 is 0. The molecule has 1 heterocycles. The molecule has 2 aliphatic rings. The number of hydrogen-bond acceptors (Lipinski definition) is 2. The number of benzene rings is 1. The number of pyridine rings is 1. The van der Waals surface area contributed by atoms with Crippen LogP contribution in [0.2, 0.25) is 0 Å². The van der Waals surface area contributed by atoms with Crippen LogP contribution >= 0.6 is 0 Å². The summed E-state index contributed by atoms with van der Waals surface area (Å²) < 4.78 is 5.44. The molecular weight excluding hydrogens is 330 g/mol. The van der Waals surface area contributed by atoms with Crippen molar-refractivity contribution in [2.75, 3.05) is 6.61 Å². The van der Waals surface area contributed by atoms with Gasteiger partial charge in [0.2, 0.25) is 0 Å². The Hall–Kier alpha value is -2.45. The zero-order valence-electron chi connectivity index (χ0n) is 16.4. The lowest BCUT2D eigenvalue weighted by Gasteiger charge is -2.08. The van der Waals surface area contributed by atoms with Crippen LogP contribution < -0.4 is 0 Å². The van der Waals surface area contributed by atoms with E-state index >= 15 is 0 Å². The molecule has 1 aromatic heterocycles. The summed E-state index contributed by atoms with van der Waals surface area (Å²) in [6.45, 7) is 9.04. The van der Waals surface area contributed by atoms with Gasteiger partial charge in [-0.25, -0.2) is 0 Å². The molecule has 140 valence electrons. The Morgan fingerprint density at radius 2 is 2.00 bits per heavy atom. The van der Waals surface area contributed by atoms with E-state index in [4.69, 9.17) is 4.74 Å². The number of ether oxygens (including phenoxy) is 1. The fourth-order valence-corrected chi connectivity index (χ4v) is 3.44. The number of hydrogen-bond donors (Lipinski definition) is 0. The van der Waals surface area contributed by atoms with E-state index in [0.29, 0.717) is 13.2 Å². The number of aromatic nitrogens is 1. The van der Waals surface area contributed by atoms with E-state index in [-0.39, 0.29) is 0 Å². The van der Waals surface area contributed by atoms with E-state index in [0.717, 1.165) is 34.4 Å². The molecule has 0 radical (unpaired) electrons. The Morgan fingerprint density at radius 1 is 1.19 bits per heavy atom. The van der Waals surface area contributed by atoms with Crippen molar-refractivity contribution < 1.29 is 4.74 Å². The van der Waals surface area contributed by atoms with Gasteiger partial charge in [-0.05, 0) is 43.2 Å². The molecule has 2 nitrogen and oxygen atoms in total. The van der Waals surface area contributed by atoms with Crippen molar-refractivity contribution in [3.8, 4) is 11.3 Å². The number of rotatable bonds is 6. The van der Waals surface area contributed by atoms with Gasteiger partial charge in [0, 0.05) is 11.3 Å². The zero-order chi connectivity index (χ0) is 19.1. The van der Waals surface area contributed by atoms with Gasteiger partial charge in [0.15, 0.2) is 0 Å². The molecule has 1 fully saturated rings. The Labute approximate surface area is 163 Å². The predicted molar refractivity (Wildman–Crippen MR) is 113 cm³/mol. The highest BCUT2D eigenvalue weighted by Gasteiger charge is 2.37. The molecule has 0 aliphatic heterocycles. The van der Waals surface area contributed by atoms with Crippen molar-refractivity contribution in [1.29, 1.82) is 0 Å². The van der Waals surface area contributed by atoms with Gasteiger partial charge in [0.05, 0.1) is 18.9 Å². The van der Waals surface area contributed by atoms with Crippen LogP contribution in [-0.2, 0) is 11.3 Å². The lowest BCUT2D eigenvalue weighted by molar-refractivity contribution is 0.148. The summed E-state index contributed by atoms with van der Waals surface area (Å²) in [6.07, 6.45) is 11.3. The Morgan fingerprint density at radius 3 is 2.67 bits per heavy atom. The summed E-state index contributed by atoms with van der Waals surface area (Å²) in [6, 6.07) is 14.3. The molecule has 2 aliphatic carbocycles. The van der Waals surface area contributed by atoms with E-state index in [9.17, 15) is 0 Å². The summed E-state index contributed by atoms with van der Waals surface area (Å²) in [5.41, 5.74) is 5.94. The molecule has 2 atom stereocenters. The van der Waals surface area contributed by atoms with Crippen LogP contribution in [0.15, 0.2) is 78.9 Å². The predicted octanol–water partition coefficient (Wildman–Crippen LogP) is 6.29. The minimum Gasteiger partial charge on any atom is -0.373 e. The van der Waals surface area contributed by atoms with Gasteiger partial charge in [-0.2, -0.15) is 0 Å². The average Bonchev–Trinajstić information content (AvgIpc) is 3.50. The normalized spacial score (nSPS) is 19.4. The molecular formula is C25H29NO. The molecule has 0 amide bonds. The van der Waals surface area contributed by atoms with E-state index < -0.39 is 0 Å². The van der Waals surface area contributed by atoms with Crippen LogP contribution in [0.1, 0.15) is 31.0 Å². The van der Waals surface area contributed by atoms with Crippen LogP contribution in [-0.4, -0.2) is 11.6 Å². The Balaban J connectivity index is 0.000000193. The smallest absolute Gasteiger partial charge is 0.0738 e. The fraction of sp³-hybridized carbons (Fsp3) is 0.320. The van der Waals surface area contributed by atoms with Crippen molar-refractivity contribution in [1.82, 2.24) is 4.98 Å². The van der Waals surface area contributed by atoms with Gasteiger partial charge in [-0.15, -0.1) is 6.58 Å². The topological polar surface area (TPSA) is 22.1 Å². The molecule has 27 heavy (non-hydrogen) atoms. The van der Waals surface area contributed by atoms with Crippen LogP contribution in [0.3, 0.4) is 0 Å². The molecule has 2 heteroatoms. The number of nitrogens with zero attached hydrogens (tertiary/aromatic N) is 1. The molecule has 0 saturated heterocycles. The molecule has 1 saturated carbocycles. The molecule has 0 N–H and O–H groups in total. The van der Waals surface area contributed by atoms with E-state index in [1.165, 1.54) is 12.8 Å². The highest BCUT2D eigenvalue weighted by molar-refractivity contribution is 5.59. The van der Waals surface area contributed by atoms with Crippen LogP contribution in [0.4, 0.5) is 0 Å². The minimum absolute atomic E-state index is 0.569. The van der Waals surface area contributed by atoms with Gasteiger partial charge in [0.1, 0.15) is 0 Å². The van der Waals surface area contributed by atoms with E-state index in [2.05, 4.69) is 54.9 Å². The SMILES string of the molecule is C=CCOCc1ccc(-c2ccccc2)nc1C.CCC1=CC=CC2CC12. The first kappa shape index (κ1) is 19.3. The van der Waals surface area contributed by atoms with Gasteiger partial charge >= 0.3 is 0 Å². The van der Waals surface area contributed by atoms with Crippen molar-refractivity contribution >= 4 is 0 Å². The van der Waals surface area contributed by atoms with E-state index in [1.807, 2.05) is 31.2 Å². The maximum atomic E-state index is 5.44. The van der Waals surface area contributed by atoms with Crippen molar-refractivity contribution in [2.45, 2.75) is 33.3 Å². The first-order valence-electron chi connectivity index (χ1n) is 9.80. The fourth-order valence-electron chi connectivity index (χ4n) is 3.44. The lowest BCUT2D eigenvalue weighted by Crippen LogP contribution is -1.98. The third-order valence-corrected chi connectivity index (χ3v) is 5.15. The maximum Gasteiger partial charge on any atom is 0.0738 e. The Bertz CT molecular complexity index is 819. The summed E-state index contributed by atoms with van der Waals surface area (Å²) in [5.74, 6) is 1.89. The first-order chi connectivity index (χ1) is 13.2. The van der Waals surface area contributed by atoms with E-state index in [1.54, 1.807) is 11.6 Å². The molecule has 1 aromatic carbocycles. The summed E-state index contributed by atoms with van der Waals surface area (Å²) in [7, 11) is 0. The maximum absolute atomic E-state index is 5.44. The summed E-state index contributed by atoms with van der Waals surface area (Å²) in [4.78, 5) is 4.62. The summed E-state index contributed by atoms with van der Waals surface area (Å²) in [5, 5.41) is 0. The second-order valence-corrected chi connectivity index (χ2v) is 7.10. The molecule has 0 bridgehead atoms. The van der Waals surface area contributed by atoms with Crippen LogP contribution in [0.25, 0.3) is 11.3 Å². The minimum atomic E-state index is 0.569. The van der Waals surface area contributed by atoms with Crippen LogP contribution in [0.5, 0.6) is 0 Å². The monoisotopic (exact) mass is 359 g/mol. The van der Waals surface area contributed by atoms with Crippen molar-refractivity contribution in [2.24, 2.45) is 11.8 Å². The number of fused-ring (bicyclic) bond motifs is 1. The van der Waals surface area contributed by atoms with Gasteiger partial charge in [-0.3, -0.25) is 4.98 Å². The quantitative estimate of drug-likeness (QED) is 0.447. The third-order valence-electron chi connectivity index (χ3n) is 5.15. The highest BCUT2D eigenvalue weighted by atomic mass is 16.5. The largest absolute Gasteiger partial charge is 0.373 e. The first-order valence-corrected chi connectivity index (χ1v) is 9.80. The lowest BCUT2D eigenvalue weighted by atomic mass is 10.0. The molecule has 4 rings (SSSR count). The van der Waals surface area contributed by atoms with Crippen molar-refractivity contribution in [3.05, 3.63) is 90.2 Å². The average molecular weight is 360 g/mol. The second kappa shape index (κ2) is 9.48. The second-order valence-electron chi connectivity index (χ2n) is 7.10. The standard InChI is InChI=1S/C16H17NO.C9H12/c1-3-11-18-12-15-9-10-16(17-13(15)2)14-7-5-4-6-8-14;1-2-7-4-3-5-8-6-9(7)8/h3-10H,1,11-12H2,2H3;3-5,8-9H,2,6H2,1H3. The van der Waals surface area contributed by atoms with Gasteiger partial charge in [-0.1, -0.05) is 73.2 Å². The molecule has 0 spiro atoms. The third kappa shape index (κ3) is 5.27. The molecule has 2 unspecified atom stereocenters. The van der Waals surface area contributed by atoms with Crippen LogP contribution in [0, 0.1) is 18.8 Å². The number of allylic oxidation sites excluding steroid dienone is 4. The highest BCUT2D eigenvalue weighted by Crippen LogP contribution is 2.48.